The second-order valence-electron chi connectivity index (χ2n) is 6.13. The van der Waals surface area contributed by atoms with Crippen LogP contribution in [0.4, 0.5) is 0 Å². The summed E-state index contributed by atoms with van der Waals surface area (Å²) in [5.41, 5.74) is 1.81. The zero-order valence-electron chi connectivity index (χ0n) is 11.2. The van der Waals surface area contributed by atoms with E-state index in [2.05, 4.69) is 10.1 Å². The molecule has 2 heterocycles. The average Bonchev–Trinajstić information content (AvgIpc) is 3.06. The molecule has 1 saturated carbocycles. The number of rotatable bonds is 2. The first-order chi connectivity index (χ1) is 8.88. The highest BCUT2D eigenvalue weighted by Gasteiger charge is 2.32. The second-order valence-corrected chi connectivity index (χ2v) is 6.13. The van der Waals surface area contributed by atoms with Gasteiger partial charge in [0.25, 0.3) is 5.71 Å². The van der Waals surface area contributed by atoms with Gasteiger partial charge in [0.15, 0.2) is 0 Å². The Morgan fingerprint density at radius 2 is 2.11 bits per heavy atom. The molecule has 0 unspecified atom stereocenters. The number of pyridine rings is 1. The molecule has 1 aliphatic rings. The van der Waals surface area contributed by atoms with E-state index in [1.165, 1.54) is 0 Å². The first-order valence-corrected chi connectivity index (χ1v) is 6.42. The standard InChI is InChI=1S/C14H16N2O3/c1-14(2,3)9-6-8(13(17)18)10-11(7-4-5-7)16-19-12(10)15-9/h6-7H,4-5H2,1-3H3,(H,17,18). The summed E-state index contributed by atoms with van der Waals surface area (Å²) in [4.78, 5) is 15.9. The monoisotopic (exact) mass is 260 g/mol. The summed E-state index contributed by atoms with van der Waals surface area (Å²) in [5, 5.41) is 14.0. The predicted octanol–water partition coefficient (Wildman–Crippen LogP) is 3.10. The lowest BCUT2D eigenvalue weighted by atomic mass is 9.90. The maximum atomic E-state index is 11.5. The van der Waals surface area contributed by atoms with Crippen molar-refractivity contribution in [3.05, 3.63) is 23.0 Å². The van der Waals surface area contributed by atoms with Crippen molar-refractivity contribution in [3.8, 4) is 0 Å². The van der Waals surface area contributed by atoms with Gasteiger partial charge in [0.2, 0.25) is 0 Å². The van der Waals surface area contributed by atoms with Gasteiger partial charge in [0, 0.05) is 11.3 Å². The Bertz CT molecular complexity index is 663. The lowest BCUT2D eigenvalue weighted by Crippen LogP contribution is -2.15. The molecule has 0 saturated heterocycles. The number of aromatic nitrogens is 2. The molecule has 5 nitrogen and oxygen atoms in total. The zero-order chi connectivity index (χ0) is 13.8. The normalized spacial score (nSPS) is 15.9. The molecule has 0 aromatic carbocycles. The summed E-state index contributed by atoms with van der Waals surface area (Å²) in [6.07, 6.45) is 2.09. The Morgan fingerprint density at radius 3 is 2.63 bits per heavy atom. The molecular formula is C14H16N2O3. The molecule has 100 valence electrons. The number of nitrogens with zero attached hydrogens (tertiary/aromatic N) is 2. The van der Waals surface area contributed by atoms with E-state index in [0.29, 0.717) is 22.7 Å². The number of aromatic carboxylic acids is 1. The van der Waals surface area contributed by atoms with E-state index in [-0.39, 0.29) is 11.0 Å². The van der Waals surface area contributed by atoms with E-state index < -0.39 is 5.97 Å². The number of carboxylic acid groups (broad SMARTS) is 1. The largest absolute Gasteiger partial charge is 0.478 e. The third kappa shape index (κ3) is 1.99. The minimum absolute atomic E-state index is 0.231. The third-order valence-corrected chi connectivity index (χ3v) is 3.44. The first-order valence-electron chi connectivity index (χ1n) is 6.42. The zero-order valence-corrected chi connectivity index (χ0v) is 11.2. The number of hydrogen-bond donors (Lipinski definition) is 1. The van der Waals surface area contributed by atoms with E-state index in [0.717, 1.165) is 18.5 Å². The van der Waals surface area contributed by atoms with Crippen molar-refractivity contribution in [1.82, 2.24) is 10.1 Å². The molecule has 3 rings (SSSR count). The highest BCUT2D eigenvalue weighted by Crippen LogP contribution is 2.43. The van der Waals surface area contributed by atoms with Gasteiger partial charge in [-0.2, -0.15) is 0 Å². The molecule has 1 fully saturated rings. The van der Waals surface area contributed by atoms with Gasteiger partial charge in [-0.3, -0.25) is 0 Å². The number of hydrogen-bond acceptors (Lipinski definition) is 4. The van der Waals surface area contributed by atoms with Crippen LogP contribution in [-0.4, -0.2) is 21.2 Å². The van der Waals surface area contributed by atoms with Gasteiger partial charge in [-0.25, -0.2) is 9.78 Å². The van der Waals surface area contributed by atoms with Gasteiger partial charge in [0.05, 0.1) is 22.3 Å². The fourth-order valence-corrected chi connectivity index (χ4v) is 2.16. The number of fused-ring (bicyclic) bond motifs is 1. The van der Waals surface area contributed by atoms with Gasteiger partial charge in [-0.15, -0.1) is 0 Å². The fourth-order valence-electron chi connectivity index (χ4n) is 2.16. The van der Waals surface area contributed by atoms with Crippen LogP contribution < -0.4 is 0 Å². The van der Waals surface area contributed by atoms with Crippen LogP contribution in [0.1, 0.15) is 61.3 Å². The summed E-state index contributed by atoms with van der Waals surface area (Å²) < 4.78 is 5.25. The van der Waals surface area contributed by atoms with E-state index in [4.69, 9.17) is 4.52 Å². The molecule has 19 heavy (non-hydrogen) atoms. The Balaban J connectivity index is 2.29. The Morgan fingerprint density at radius 1 is 1.42 bits per heavy atom. The predicted molar refractivity (Wildman–Crippen MR) is 69.4 cm³/mol. The van der Waals surface area contributed by atoms with Crippen LogP contribution in [0.15, 0.2) is 10.6 Å². The maximum absolute atomic E-state index is 11.5. The molecule has 0 bridgehead atoms. The first kappa shape index (κ1) is 12.1. The fraction of sp³-hybridized carbons (Fsp3) is 0.500. The number of carboxylic acids is 1. The van der Waals surface area contributed by atoms with Crippen molar-refractivity contribution in [3.63, 3.8) is 0 Å². The molecule has 0 aliphatic heterocycles. The molecule has 0 spiro atoms. The van der Waals surface area contributed by atoms with E-state index in [9.17, 15) is 9.90 Å². The molecule has 2 aromatic heterocycles. The van der Waals surface area contributed by atoms with E-state index in [1.807, 2.05) is 20.8 Å². The molecule has 1 aliphatic carbocycles. The van der Waals surface area contributed by atoms with Crippen LogP contribution in [0.25, 0.3) is 11.1 Å². The SMILES string of the molecule is CC(C)(C)c1cc(C(=O)O)c2c(C3CC3)noc2n1. The highest BCUT2D eigenvalue weighted by molar-refractivity contribution is 6.02. The number of carbonyl (C=O) groups is 1. The lowest BCUT2D eigenvalue weighted by Gasteiger charge is -2.17. The molecule has 5 heteroatoms. The van der Waals surface area contributed by atoms with E-state index >= 15 is 0 Å². The van der Waals surface area contributed by atoms with Crippen molar-refractivity contribution in [2.45, 2.75) is 44.9 Å². The minimum Gasteiger partial charge on any atom is -0.478 e. The molecule has 0 amide bonds. The third-order valence-electron chi connectivity index (χ3n) is 3.44. The van der Waals surface area contributed by atoms with Crippen LogP contribution >= 0.6 is 0 Å². The Labute approximate surface area is 110 Å². The topological polar surface area (TPSA) is 76.2 Å². The van der Waals surface area contributed by atoms with Crippen molar-refractivity contribution >= 4 is 17.1 Å². The maximum Gasteiger partial charge on any atom is 0.336 e. The lowest BCUT2D eigenvalue weighted by molar-refractivity contribution is 0.0698. The summed E-state index contributed by atoms with van der Waals surface area (Å²) in [7, 11) is 0. The summed E-state index contributed by atoms with van der Waals surface area (Å²) in [6, 6.07) is 1.65. The van der Waals surface area contributed by atoms with Crippen LogP contribution in [0.2, 0.25) is 0 Å². The Kier molecular flexibility index (Phi) is 2.42. The van der Waals surface area contributed by atoms with Crippen molar-refractivity contribution in [1.29, 1.82) is 0 Å². The smallest absolute Gasteiger partial charge is 0.336 e. The van der Waals surface area contributed by atoms with Crippen LogP contribution in [-0.2, 0) is 5.41 Å². The van der Waals surface area contributed by atoms with Crippen LogP contribution in [0.5, 0.6) is 0 Å². The van der Waals surface area contributed by atoms with Gasteiger partial charge < -0.3 is 9.63 Å². The van der Waals surface area contributed by atoms with Crippen molar-refractivity contribution in [2.24, 2.45) is 0 Å². The van der Waals surface area contributed by atoms with Crippen molar-refractivity contribution in [2.75, 3.05) is 0 Å². The average molecular weight is 260 g/mol. The minimum atomic E-state index is -0.956. The summed E-state index contributed by atoms with van der Waals surface area (Å²) in [6.45, 7) is 5.97. The highest BCUT2D eigenvalue weighted by atomic mass is 16.5. The molecular weight excluding hydrogens is 244 g/mol. The van der Waals surface area contributed by atoms with Gasteiger partial charge in [-0.1, -0.05) is 25.9 Å². The summed E-state index contributed by atoms with van der Waals surface area (Å²) in [5.74, 6) is -0.621. The second kappa shape index (κ2) is 3.79. The molecule has 1 N–H and O–H groups in total. The van der Waals surface area contributed by atoms with Crippen molar-refractivity contribution < 1.29 is 14.4 Å². The van der Waals surface area contributed by atoms with E-state index in [1.54, 1.807) is 6.07 Å². The van der Waals surface area contributed by atoms with Crippen LogP contribution in [0.3, 0.4) is 0 Å². The van der Waals surface area contributed by atoms with Gasteiger partial charge in [0.1, 0.15) is 0 Å². The quantitative estimate of drug-likeness (QED) is 0.897. The Hall–Kier alpha value is -1.91. The van der Waals surface area contributed by atoms with Crippen LogP contribution in [0, 0.1) is 0 Å². The summed E-state index contributed by atoms with van der Waals surface area (Å²) >= 11 is 0. The molecule has 0 radical (unpaired) electrons. The van der Waals surface area contributed by atoms with Gasteiger partial charge in [-0.05, 0) is 18.9 Å². The molecule has 2 aromatic rings. The van der Waals surface area contributed by atoms with Gasteiger partial charge >= 0.3 is 5.97 Å². The molecule has 0 atom stereocenters.